The number of fused-ring (bicyclic) bond motifs is 2. The minimum atomic E-state index is -1.37. The van der Waals surface area contributed by atoms with Crippen LogP contribution < -0.4 is 63.1 Å². The Morgan fingerprint density at radius 1 is 0.720 bits per heavy atom. The number of benzene rings is 4. The Balaban J connectivity index is 0.000000216. The number of hydrogen-bond donors (Lipinski definition) is 3. The molecular weight excluding hydrogens is 1280 g/mol. The van der Waals surface area contributed by atoms with Crippen LogP contribution in [-0.4, -0.2) is 158 Å². The van der Waals surface area contributed by atoms with Crippen molar-refractivity contribution in [2.24, 2.45) is 41.4 Å². The third-order valence-electron chi connectivity index (χ3n) is 24.3. The standard InChI is InChI=1S/C42H70O11.C38H42N2O6.Na/c1-11-29(38(46)47)31-15-14-23(4)36(50-31)27(8)34(44)26(7)35(45)30(12-2)37-24(5)22-25(6)41(51-37)19-16-32(43)42(53-41)21-20-39(10,52-42)33-17-18-40(48,13-3)28(9)49-33;1-39-15-13-25-20-32(42-4)34-22-28(25)29(39)17-23-7-10-27(11-8-23)45-33-19-24(9-12-31(33)41-3)18-30-36-26(14-16-40(30)2)21-35(43-5)37(44-6)38(36)46-34;/h16,19,23-34,36-37,43-44,48H,11-15,17-18,20-22H2,1-10H3,(H,46,47);7-12,19-22,29-30H,13-18H2,1-6H3;/q;;+1/p-1. The normalized spacial score (nSPS) is 33.3. The van der Waals surface area contributed by atoms with Crippen molar-refractivity contribution in [3.8, 4) is 46.0 Å². The molecule has 544 valence electrons. The number of nitrogens with zero attached hydrogens (tertiary/aromatic N) is 2. The van der Waals surface area contributed by atoms with Gasteiger partial charge in [-0.15, -0.1) is 0 Å². The summed E-state index contributed by atoms with van der Waals surface area (Å²) >= 11 is 0. The molecule has 20 unspecified atom stereocenters. The zero-order valence-corrected chi connectivity index (χ0v) is 64.4. The summed E-state index contributed by atoms with van der Waals surface area (Å²) in [6.45, 7) is 21.4. The van der Waals surface area contributed by atoms with Crippen molar-refractivity contribution < 1.29 is 112 Å². The molecule has 19 nitrogen and oxygen atoms in total. The first-order chi connectivity index (χ1) is 47.2. The summed E-state index contributed by atoms with van der Waals surface area (Å²) in [5.74, 6) is -0.824. The fraction of sp³-hybridized carbons (Fsp3) is 0.650. The fourth-order valence-corrected chi connectivity index (χ4v) is 17.8. The van der Waals surface area contributed by atoms with Crippen LogP contribution in [0.2, 0.25) is 0 Å². The number of aliphatic hydroxyl groups excluding tert-OH is 2. The Labute approximate surface area is 615 Å². The molecule has 4 aromatic carbocycles. The van der Waals surface area contributed by atoms with Gasteiger partial charge >= 0.3 is 29.6 Å². The van der Waals surface area contributed by atoms with Crippen molar-refractivity contribution in [1.82, 2.24) is 9.80 Å². The monoisotopic (exact) mass is 1390 g/mol. The predicted molar refractivity (Wildman–Crippen MR) is 374 cm³/mol. The maximum absolute atomic E-state index is 14.4. The first-order valence-electron chi connectivity index (χ1n) is 36.6. The van der Waals surface area contributed by atoms with E-state index in [1.54, 1.807) is 47.5 Å². The third kappa shape index (κ3) is 15.2. The van der Waals surface area contributed by atoms with Gasteiger partial charge < -0.3 is 77.3 Å². The number of aliphatic carboxylic acids is 1. The number of rotatable bonds is 16. The summed E-state index contributed by atoms with van der Waals surface area (Å²) < 4.78 is 70.5. The topological polar surface area (TPSA) is 226 Å². The molecule has 9 aliphatic heterocycles. The van der Waals surface area contributed by atoms with Gasteiger partial charge in [-0.05, 0) is 206 Å². The minimum absolute atomic E-state index is 0. The van der Waals surface area contributed by atoms with Gasteiger partial charge in [0.25, 0.3) is 0 Å². The van der Waals surface area contributed by atoms with Crippen LogP contribution in [0.4, 0.5) is 0 Å². The van der Waals surface area contributed by atoms with Gasteiger partial charge in [0.15, 0.2) is 40.3 Å². The second kappa shape index (κ2) is 31.9. The molecule has 9 aliphatic rings. The molecule has 4 fully saturated rings. The Morgan fingerprint density at radius 2 is 1.37 bits per heavy atom. The number of carboxylic acids is 1. The van der Waals surface area contributed by atoms with Gasteiger partial charge in [-0.1, -0.05) is 73.6 Å². The number of Topliss-reactive ketones (excluding diaryl/α,β-unsaturated/α-hetero) is 1. The van der Waals surface area contributed by atoms with E-state index >= 15 is 0 Å². The van der Waals surface area contributed by atoms with E-state index in [0.29, 0.717) is 98.0 Å². The minimum Gasteiger partial charge on any atom is -0.550 e. The number of ether oxygens (including phenoxy) is 11. The van der Waals surface area contributed by atoms with Crippen LogP contribution in [0.3, 0.4) is 0 Å². The maximum Gasteiger partial charge on any atom is 1.00 e. The quantitative estimate of drug-likeness (QED) is 0.0702. The summed E-state index contributed by atoms with van der Waals surface area (Å²) in [6.07, 6.45) is 8.59. The number of carbonyl (C=O) groups is 2. The first kappa shape index (κ1) is 77.8. The number of methoxy groups -OCH3 is 4. The largest absolute Gasteiger partial charge is 1.00 e. The number of carbonyl (C=O) groups excluding carboxylic acids is 2. The van der Waals surface area contributed by atoms with Crippen molar-refractivity contribution >= 4 is 11.8 Å². The molecule has 0 aliphatic carbocycles. The van der Waals surface area contributed by atoms with Crippen molar-refractivity contribution in [2.75, 3.05) is 55.6 Å². The van der Waals surface area contributed by atoms with Gasteiger partial charge in [0.1, 0.15) is 17.6 Å². The smallest absolute Gasteiger partial charge is 0.550 e. The van der Waals surface area contributed by atoms with E-state index in [-0.39, 0.29) is 77.4 Å². The van der Waals surface area contributed by atoms with Gasteiger partial charge in [0.2, 0.25) is 11.5 Å². The Kier molecular flexibility index (Phi) is 24.8. The molecule has 9 heterocycles. The van der Waals surface area contributed by atoms with E-state index in [1.165, 1.54) is 22.3 Å². The summed E-state index contributed by atoms with van der Waals surface area (Å²) in [5.41, 5.74) is 5.52. The zero-order chi connectivity index (χ0) is 71.2. The molecule has 20 heteroatoms. The van der Waals surface area contributed by atoms with Crippen molar-refractivity contribution in [2.45, 2.75) is 237 Å². The maximum atomic E-state index is 14.4. The van der Waals surface area contributed by atoms with E-state index in [9.17, 15) is 30.0 Å². The zero-order valence-electron chi connectivity index (χ0n) is 62.4. The SMILES string of the molecule is CCC(C(=O)[O-])C1CCC(C)C(C(C)C(O)C(C)C(=O)C(CC)C2OC3(C=CC(O)C4(CCC(C)(C5CCC(O)(CC)C(C)O5)O4)O3)C(C)CC2C)O1.COc1ccc2cc1Oc1ccc(cc1)CC1c3cc(c(OC)cc3CCN1C)Oc1c(OC)c(OC)cc3c1C(C2)N(C)CC3.[Na+]. The van der Waals surface area contributed by atoms with Gasteiger partial charge in [0, 0.05) is 72.7 Å². The van der Waals surface area contributed by atoms with E-state index < -0.39 is 82.9 Å². The number of hydrogen-bond acceptors (Lipinski definition) is 19. The summed E-state index contributed by atoms with van der Waals surface area (Å²) in [5, 5.41) is 46.0. The van der Waals surface area contributed by atoms with Crippen molar-refractivity contribution in [3.05, 3.63) is 106 Å². The molecule has 6 bridgehead atoms. The molecule has 4 aromatic rings. The first-order valence-corrected chi connectivity index (χ1v) is 36.6. The van der Waals surface area contributed by atoms with E-state index in [1.807, 2.05) is 59.7 Å². The molecule has 0 saturated carbocycles. The van der Waals surface area contributed by atoms with Crippen molar-refractivity contribution in [3.63, 3.8) is 0 Å². The Hall–Kier alpha value is -4.84. The van der Waals surface area contributed by atoms with Crippen LogP contribution >= 0.6 is 0 Å². The number of likely N-dealkylation sites (N-methyl/N-ethyl adjacent to an activating group) is 2. The molecular formula is C80H111N2NaO17. The van der Waals surface area contributed by atoms with Crippen LogP contribution in [0.25, 0.3) is 0 Å². The second-order valence-corrected chi connectivity index (χ2v) is 30.3. The van der Waals surface area contributed by atoms with Crippen LogP contribution in [0.15, 0.2) is 72.8 Å². The molecule has 100 heavy (non-hydrogen) atoms. The fourth-order valence-electron chi connectivity index (χ4n) is 17.8. The van der Waals surface area contributed by atoms with Gasteiger partial charge in [0.05, 0.1) is 76.3 Å². The summed E-state index contributed by atoms with van der Waals surface area (Å²) in [4.78, 5) is 31.1. The van der Waals surface area contributed by atoms with Gasteiger partial charge in [-0.3, -0.25) is 14.6 Å². The third-order valence-corrected chi connectivity index (χ3v) is 24.3. The van der Waals surface area contributed by atoms with Gasteiger partial charge in [-0.2, -0.15) is 0 Å². The van der Waals surface area contributed by atoms with Gasteiger partial charge in [-0.25, -0.2) is 0 Å². The molecule has 4 saturated heterocycles. The summed E-state index contributed by atoms with van der Waals surface area (Å²) in [7, 11) is 11.1. The molecule has 20 atom stereocenters. The predicted octanol–water partition coefficient (Wildman–Crippen LogP) is 9.02. The average molecular weight is 1400 g/mol. The average Bonchev–Trinajstić information content (AvgIpc) is 1.13. The van der Waals surface area contributed by atoms with E-state index in [2.05, 4.69) is 87.1 Å². The molecule has 3 N–H and O–H groups in total. The van der Waals surface area contributed by atoms with Crippen LogP contribution in [0.1, 0.15) is 179 Å². The van der Waals surface area contributed by atoms with Crippen LogP contribution in [0.5, 0.6) is 46.0 Å². The van der Waals surface area contributed by atoms with Crippen LogP contribution in [0, 0.1) is 41.4 Å². The molecule has 2 spiro atoms. The number of carboxylic acid groups (broad SMARTS) is 1. The van der Waals surface area contributed by atoms with Crippen molar-refractivity contribution in [1.29, 1.82) is 0 Å². The molecule has 13 rings (SSSR count). The van der Waals surface area contributed by atoms with Crippen LogP contribution in [-0.2, 0) is 59.0 Å². The number of ketones is 1. The Morgan fingerprint density at radius 3 is 2.02 bits per heavy atom. The molecule has 0 aromatic heterocycles. The summed E-state index contributed by atoms with van der Waals surface area (Å²) in [6, 6.07) is 21.2. The van der Waals surface area contributed by atoms with E-state index in [4.69, 9.17) is 52.1 Å². The number of aliphatic hydroxyl groups is 3. The molecule has 0 amide bonds. The Bertz CT molecular complexity index is 3540. The molecule has 0 radical (unpaired) electrons. The van der Waals surface area contributed by atoms with E-state index in [0.717, 1.165) is 62.1 Å². The second-order valence-electron chi connectivity index (χ2n) is 30.3.